The van der Waals surface area contributed by atoms with Crippen molar-refractivity contribution >= 4 is 15.9 Å². The van der Waals surface area contributed by atoms with Crippen LogP contribution in [0.15, 0.2) is 39.4 Å². The Kier molecular flexibility index (Phi) is 4.74. The SMILES string of the molecule is CC(CO)N(C)Cc1coc(-c2ccc(Br)cc2)n1. The van der Waals surface area contributed by atoms with Crippen LogP contribution >= 0.6 is 15.9 Å². The molecule has 0 fully saturated rings. The lowest BCUT2D eigenvalue weighted by Crippen LogP contribution is -2.31. The molecule has 2 rings (SSSR count). The van der Waals surface area contributed by atoms with Crippen LogP contribution < -0.4 is 0 Å². The average Bonchev–Trinajstić information content (AvgIpc) is 2.87. The van der Waals surface area contributed by atoms with Crippen LogP contribution in [0.3, 0.4) is 0 Å². The van der Waals surface area contributed by atoms with E-state index in [2.05, 4.69) is 20.9 Å². The van der Waals surface area contributed by atoms with Crippen molar-refractivity contribution < 1.29 is 9.52 Å². The predicted molar refractivity (Wildman–Crippen MR) is 77.7 cm³/mol. The van der Waals surface area contributed by atoms with E-state index in [4.69, 9.17) is 9.52 Å². The lowest BCUT2D eigenvalue weighted by atomic mass is 10.2. The van der Waals surface area contributed by atoms with Gasteiger partial charge >= 0.3 is 0 Å². The summed E-state index contributed by atoms with van der Waals surface area (Å²) in [4.78, 5) is 6.49. The largest absolute Gasteiger partial charge is 0.444 e. The van der Waals surface area contributed by atoms with Gasteiger partial charge in [-0.05, 0) is 38.2 Å². The van der Waals surface area contributed by atoms with Gasteiger partial charge in [0.15, 0.2) is 0 Å². The lowest BCUT2D eigenvalue weighted by molar-refractivity contribution is 0.153. The summed E-state index contributed by atoms with van der Waals surface area (Å²) in [7, 11) is 1.95. The van der Waals surface area contributed by atoms with E-state index in [1.807, 2.05) is 43.1 Å². The van der Waals surface area contributed by atoms with E-state index in [-0.39, 0.29) is 12.6 Å². The molecule has 0 saturated carbocycles. The molecular formula is C14H17BrN2O2. The maximum Gasteiger partial charge on any atom is 0.226 e. The number of hydrogen-bond donors (Lipinski definition) is 1. The van der Waals surface area contributed by atoms with Crippen LogP contribution in [0.2, 0.25) is 0 Å². The van der Waals surface area contributed by atoms with Gasteiger partial charge in [-0.15, -0.1) is 0 Å². The van der Waals surface area contributed by atoms with Crippen LogP contribution in [0.1, 0.15) is 12.6 Å². The van der Waals surface area contributed by atoms with Gasteiger partial charge in [0.25, 0.3) is 0 Å². The van der Waals surface area contributed by atoms with Crippen LogP contribution in [0.5, 0.6) is 0 Å². The number of hydrogen-bond acceptors (Lipinski definition) is 4. The standard InChI is InChI=1S/C14H17BrN2O2/c1-10(8-18)17(2)7-13-9-19-14(16-13)11-3-5-12(15)6-4-11/h3-6,9-10,18H,7-8H2,1-2H3. The topological polar surface area (TPSA) is 49.5 Å². The number of nitrogens with zero attached hydrogens (tertiary/aromatic N) is 2. The quantitative estimate of drug-likeness (QED) is 0.918. The number of likely N-dealkylation sites (N-methyl/N-ethyl adjacent to an activating group) is 1. The fourth-order valence-electron chi connectivity index (χ4n) is 1.66. The molecule has 0 aliphatic rings. The maximum atomic E-state index is 9.10. The molecule has 4 nitrogen and oxygen atoms in total. The molecule has 0 aliphatic heterocycles. The molecular weight excluding hydrogens is 308 g/mol. The highest BCUT2D eigenvalue weighted by Crippen LogP contribution is 2.21. The minimum Gasteiger partial charge on any atom is -0.444 e. The Labute approximate surface area is 121 Å². The van der Waals surface area contributed by atoms with Gasteiger partial charge in [0.05, 0.1) is 12.3 Å². The number of rotatable bonds is 5. The molecule has 0 spiro atoms. The van der Waals surface area contributed by atoms with Crippen LogP contribution in [-0.2, 0) is 6.54 Å². The second-order valence-corrected chi connectivity index (χ2v) is 5.51. The summed E-state index contributed by atoms with van der Waals surface area (Å²) in [6.07, 6.45) is 1.66. The van der Waals surface area contributed by atoms with Crippen molar-refractivity contribution in [3.63, 3.8) is 0 Å². The second kappa shape index (κ2) is 6.32. The summed E-state index contributed by atoms with van der Waals surface area (Å²) in [5, 5.41) is 9.10. The minimum absolute atomic E-state index is 0.104. The molecule has 19 heavy (non-hydrogen) atoms. The molecule has 0 radical (unpaired) electrons. The first-order valence-electron chi connectivity index (χ1n) is 6.11. The summed E-state index contributed by atoms with van der Waals surface area (Å²) < 4.78 is 6.52. The summed E-state index contributed by atoms with van der Waals surface area (Å²) >= 11 is 3.40. The van der Waals surface area contributed by atoms with Crippen LogP contribution in [0.4, 0.5) is 0 Å². The number of aromatic nitrogens is 1. The molecule has 1 atom stereocenters. The summed E-state index contributed by atoms with van der Waals surface area (Å²) in [6, 6.07) is 7.94. The smallest absolute Gasteiger partial charge is 0.226 e. The monoisotopic (exact) mass is 324 g/mol. The first kappa shape index (κ1) is 14.2. The van der Waals surface area contributed by atoms with Gasteiger partial charge in [-0.2, -0.15) is 0 Å². The zero-order valence-corrected chi connectivity index (χ0v) is 12.6. The molecule has 1 aromatic heterocycles. The maximum absolute atomic E-state index is 9.10. The van der Waals surface area contributed by atoms with E-state index in [0.29, 0.717) is 12.4 Å². The zero-order chi connectivity index (χ0) is 13.8. The van der Waals surface area contributed by atoms with Crippen molar-refractivity contribution in [2.75, 3.05) is 13.7 Å². The van der Waals surface area contributed by atoms with Gasteiger partial charge in [0, 0.05) is 22.6 Å². The summed E-state index contributed by atoms with van der Waals surface area (Å²) in [6.45, 7) is 2.76. The molecule has 1 aromatic carbocycles. The third kappa shape index (κ3) is 3.65. The third-order valence-corrected chi connectivity index (χ3v) is 3.60. The van der Waals surface area contributed by atoms with E-state index >= 15 is 0 Å². The third-order valence-electron chi connectivity index (χ3n) is 3.07. The fraction of sp³-hybridized carbons (Fsp3) is 0.357. The highest BCUT2D eigenvalue weighted by Gasteiger charge is 2.12. The Morgan fingerprint density at radius 1 is 1.37 bits per heavy atom. The Balaban J connectivity index is 2.09. The van der Waals surface area contributed by atoms with Gasteiger partial charge < -0.3 is 9.52 Å². The van der Waals surface area contributed by atoms with E-state index in [9.17, 15) is 0 Å². The van der Waals surface area contributed by atoms with Crippen molar-refractivity contribution in [1.82, 2.24) is 9.88 Å². The Morgan fingerprint density at radius 2 is 2.05 bits per heavy atom. The Bertz CT molecular complexity index is 524. The molecule has 102 valence electrons. The highest BCUT2D eigenvalue weighted by atomic mass is 79.9. The molecule has 1 heterocycles. The second-order valence-electron chi connectivity index (χ2n) is 4.60. The van der Waals surface area contributed by atoms with Crippen molar-refractivity contribution in [2.45, 2.75) is 19.5 Å². The van der Waals surface area contributed by atoms with E-state index < -0.39 is 0 Å². The van der Waals surface area contributed by atoms with E-state index in [0.717, 1.165) is 15.7 Å². The van der Waals surface area contributed by atoms with Crippen molar-refractivity contribution in [1.29, 1.82) is 0 Å². The number of oxazole rings is 1. The molecule has 0 saturated heterocycles. The summed E-state index contributed by atoms with van der Waals surface area (Å²) in [5.74, 6) is 0.618. The predicted octanol–water partition coefficient (Wildman–Crippen LogP) is 2.92. The molecule has 2 aromatic rings. The molecule has 5 heteroatoms. The number of halogens is 1. The number of aliphatic hydroxyl groups excluding tert-OH is 1. The first-order valence-corrected chi connectivity index (χ1v) is 6.91. The number of benzene rings is 1. The van der Waals surface area contributed by atoms with E-state index in [1.165, 1.54) is 0 Å². The molecule has 1 unspecified atom stereocenters. The normalized spacial score (nSPS) is 12.9. The first-order chi connectivity index (χ1) is 9.10. The Morgan fingerprint density at radius 3 is 2.68 bits per heavy atom. The molecule has 0 bridgehead atoms. The van der Waals surface area contributed by atoms with Gasteiger partial charge in [-0.3, -0.25) is 4.90 Å². The zero-order valence-electron chi connectivity index (χ0n) is 11.0. The van der Waals surface area contributed by atoms with Gasteiger partial charge in [0.2, 0.25) is 5.89 Å². The average molecular weight is 325 g/mol. The summed E-state index contributed by atoms with van der Waals surface area (Å²) in [5.41, 5.74) is 1.81. The van der Waals surface area contributed by atoms with Crippen LogP contribution in [0.25, 0.3) is 11.5 Å². The van der Waals surface area contributed by atoms with Gasteiger partial charge in [-0.1, -0.05) is 15.9 Å². The Hall–Kier alpha value is -1.17. The highest BCUT2D eigenvalue weighted by molar-refractivity contribution is 9.10. The fourth-order valence-corrected chi connectivity index (χ4v) is 1.92. The van der Waals surface area contributed by atoms with Crippen LogP contribution in [-0.4, -0.2) is 34.7 Å². The van der Waals surface area contributed by atoms with Crippen molar-refractivity contribution in [3.8, 4) is 11.5 Å². The van der Waals surface area contributed by atoms with Gasteiger partial charge in [-0.25, -0.2) is 4.98 Å². The van der Waals surface area contributed by atoms with Crippen molar-refractivity contribution in [3.05, 3.63) is 40.7 Å². The van der Waals surface area contributed by atoms with E-state index in [1.54, 1.807) is 6.26 Å². The minimum atomic E-state index is 0.104. The number of aliphatic hydroxyl groups is 1. The molecule has 0 amide bonds. The molecule has 1 N–H and O–H groups in total. The lowest BCUT2D eigenvalue weighted by Gasteiger charge is -2.21. The van der Waals surface area contributed by atoms with Crippen molar-refractivity contribution in [2.24, 2.45) is 0 Å². The van der Waals surface area contributed by atoms with Crippen LogP contribution in [0, 0.1) is 0 Å². The van der Waals surface area contributed by atoms with Gasteiger partial charge in [0.1, 0.15) is 6.26 Å². The molecule has 0 aliphatic carbocycles.